The molecule has 0 bridgehead atoms. The van der Waals surface area contributed by atoms with Crippen molar-refractivity contribution in [2.75, 3.05) is 13.7 Å². The second-order valence-corrected chi connectivity index (χ2v) is 4.95. The summed E-state index contributed by atoms with van der Waals surface area (Å²) < 4.78 is 9.49. The fraction of sp³-hybridized carbons (Fsp3) is 0.385. The Morgan fingerprint density at radius 1 is 1.47 bits per heavy atom. The maximum Gasteiger partial charge on any atom is 0.417 e. The first-order valence-electron chi connectivity index (χ1n) is 5.87. The normalized spacial score (nSPS) is 11.5. The minimum Gasteiger partial charge on any atom is -0.453 e. The molecule has 0 fully saturated rings. The number of aromatic nitrogens is 1. The predicted octanol–water partition coefficient (Wildman–Crippen LogP) is 1.75. The minimum atomic E-state index is -0.474. The van der Waals surface area contributed by atoms with E-state index in [2.05, 4.69) is 15.0 Å². The molecular weight excluding hydrogens is 248 g/mol. The average Bonchev–Trinajstić information content (AvgIpc) is 2.74. The molecule has 0 aliphatic carbocycles. The molecule has 0 spiro atoms. The summed E-state index contributed by atoms with van der Waals surface area (Å²) >= 11 is 0. The van der Waals surface area contributed by atoms with E-state index in [0.717, 1.165) is 5.56 Å². The van der Waals surface area contributed by atoms with E-state index in [0.29, 0.717) is 17.6 Å². The number of ether oxygens (including phenoxy) is 1. The standard InChI is InChI=1S/C13H16N2O4/c1-13(2,7-14-11(16)18-3)8-4-5-10-9(6-8)15-12(17)19-10/h4-6H,7H2,1-3H3,(H,14,16)(H,15,17). The third kappa shape index (κ3) is 2.78. The molecule has 2 N–H and O–H groups in total. The number of hydrogen-bond donors (Lipinski definition) is 2. The molecule has 1 aromatic heterocycles. The van der Waals surface area contributed by atoms with Gasteiger partial charge >= 0.3 is 11.8 Å². The molecule has 1 amide bonds. The maximum absolute atomic E-state index is 11.1. The lowest BCUT2D eigenvalue weighted by Gasteiger charge is -2.25. The molecule has 6 heteroatoms. The number of alkyl carbamates (subject to hydrolysis) is 1. The van der Waals surface area contributed by atoms with Crippen molar-refractivity contribution in [1.82, 2.24) is 10.3 Å². The number of hydrogen-bond acceptors (Lipinski definition) is 4. The van der Waals surface area contributed by atoms with E-state index in [9.17, 15) is 9.59 Å². The van der Waals surface area contributed by atoms with E-state index in [1.165, 1.54) is 7.11 Å². The number of carbonyl (C=O) groups excluding carboxylic acids is 1. The van der Waals surface area contributed by atoms with E-state index >= 15 is 0 Å². The molecule has 0 atom stereocenters. The summed E-state index contributed by atoms with van der Waals surface area (Å²) in [6, 6.07) is 5.46. The number of aromatic amines is 1. The highest BCUT2D eigenvalue weighted by Gasteiger charge is 2.22. The van der Waals surface area contributed by atoms with Crippen LogP contribution in [0.25, 0.3) is 11.1 Å². The zero-order valence-corrected chi connectivity index (χ0v) is 11.1. The molecule has 19 heavy (non-hydrogen) atoms. The van der Waals surface area contributed by atoms with Crippen molar-refractivity contribution in [1.29, 1.82) is 0 Å². The number of methoxy groups -OCH3 is 1. The molecule has 0 aliphatic heterocycles. The van der Waals surface area contributed by atoms with Crippen LogP contribution in [0.3, 0.4) is 0 Å². The van der Waals surface area contributed by atoms with E-state index in [4.69, 9.17) is 4.42 Å². The van der Waals surface area contributed by atoms with Crippen LogP contribution in [-0.4, -0.2) is 24.7 Å². The third-order valence-electron chi connectivity index (χ3n) is 3.06. The van der Waals surface area contributed by atoms with Gasteiger partial charge in [-0.25, -0.2) is 9.59 Å². The van der Waals surface area contributed by atoms with Crippen LogP contribution in [0.5, 0.6) is 0 Å². The van der Waals surface area contributed by atoms with Gasteiger partial charge in [0.25, 0.3) is 0 Å². The van der Waals surface area contributed by atoms with Gasteiger partial charge in [-0.1, -0.05) is 19.9 Å². The number of benzene rings is 1. The first kappa shape index (κ1) is 13.2. The van der Waals surface area contributed by atoms with Gasteiger partial charge in [-0.2, -0.15) is 0 Å². The highest BCUT2D eigenvalue weighted by atomic mass is 16.5. The van der Waals surface area contributed by atoms with Gasteiger partial charge < -0.3 is 14.5 Å². The number of fused-ring (bicyclic) bond motifs is 1. The maximum atomic E-state index is 11.1. The molecule has 0 saturated heterocycles. The van der Waals surface area contributed by atoms with Crippen LogP contribution < -0.4 is 11.1 Å². The number of nitrogens with one attached hydrogen (secondary N) is 2. The van der Waals surface area contributed by atoms with Gasteiger partial charge in [-0.15, -0.1) is 0 Å². The molecule has 0 aliphatic rings. The van der Waals surface area contributed by atoms with Crippen LogP contribution >= 0.6 is 0 Å². The van der Waals surface area contributed by atoms with Crippen LogP contribution in [0, 0.1) is 0 Å². The second-order valence-electron chi connectivity index (χ2n) is 4.95. The van der Waals surface area contributed by atoms with Crippen molar-refractivity contribution in [3.05, 3.63) is 34.3 Å². The van der Waals surface area contributed by atoms with E-state index < -0.39 is 11.8 Å². The quantitative estimate of drug-likeness (QED) is 0.884. The summed E-state index contributed by atoms with van der Waals surface area (Å²) in [7, 11) is 1.32. The molecule has 1 heterocycles. The van der Waals surface area contributed by atoms with E-state index in [1.54, 1.807) is 6.07 Å². The van der Waals surface area contributed by atoms with Gasteiger partial charge in [-0.3, -0.25) is 4.98 Å². The van der Waals surface area contributed by atoms with Crippen LogP contribution in [-0.2, 0) is 10.2 Å². The lowest BCUT2D eigenvalue weighted by atomic mass is 9.84. The van der Waals surface area contributed by atoms with Crippen LogP contribution in [0.15, 0.2) is 27.4 Å². The smallest absolute Gasteiger partial charge is 0.417 e. The SMILES string of the molecule is COC(=O)NCC(C)(C)c1ccc2oc(=O)[nH]c2c1. The zero-order chi connectivity index (χ0) is 14.0. The fourth-order valence-corrected chi connectivity index (χ4v) is 1.84. The summed E-state index contributed by atoms with van der Waals surface area (Å²) in [4.78, 5) is 24.8. The lowest BCUT2D eigenvalue weighted by Crippen LogP contribution is -2.36. The van der Waals surface area contributed by atoms with Crippen molar-refractivity contribution in [3.63, 3.8) is 0 Å². The molecule has 2 rings (SSSR count). The van der Waals surface area contributed by atoms with Crippen LogP contribution in [0.2, 0.25) is 0 Å². The zero-order valence-electron chi connectivity index (χ0n) is 11.1. The molecular formula is C13H16N2O4. The highest BCUT2D eigenvalue weighted by Crippen LogP contribution is 2.25. The van der Waals surface area contributed by atoms with Gasteiger partial charge in [0.15, 0.2) is 5.58 Å². The number of H-pyrrole nitrogens is 1. The van der Waals surface area contributed by atoms with Gasteiger partial charge in [0, 0.05) is 12.0 Å². The predicted molar refractivity (Wildman–Crippen MR) is 70.3 cm³/mol. The Morgan fingerprint density at radius 3 is 2.89 bits per heavy atom. The third-order valence-corrected chi connectivity index (χ3v) is 3.06. The van der Waals surface area contributed by atoms with Crippen molar-refractivity contribution in [2.45, 2.75) is 19.3 Å². The van der Waals surface area contributed by atoms with Crippen molar-refractivity contribution in [2.24, 2.45) is 0 Å². The number of amides is 1. The Labute approximate surface area is 109 Å². The molecule has 0 saturated carbocycles. The lowest BCUT2D eigenvalue weighted by molar-refractivity contribution is 0.168. The molecule has 102 valence electrons. The van der Waals surface area contributed by atoms with Crippen molar-refractivity contribution in [3.8, 4) is 0 Å². The summed E-state index contributed by atoms with van der Waals surface area (Å²) in [6.45, 7) is 4.40. The summed E-state index contributed by atoms with van der Waals surface area (Å²) in [5.74, 6) is -0.474. The Hall–Kier alpha value is -2.24. The van der Waals surface area contributed by atoms with Crippen molar-refractivity contribution < 1.29 is 13.9 Å². The number of oxazole rings is 1. The summed E-state index contributed by atoms with van der Waals surface area (Å²) in [5.41, 5.74) is 1.85. The first-order valence-corrected chi connectivity index (χ1v) is 5.87. The Kier molecular flexibility index (Phi) is 3.33. The van der Waals surface area contributed by atoms with Crippen molar-refractivity contribution >= 4 is 17.2 Å². The molecule has 1 aromatic carbocycles. The van der Waals surface area contributed by atoms with E-state index in [1.807, 2.05) is 26.0 Å². The van der Waals surface area contributed by atoms with Gasteiger partial charge in [-0.05, 0) is 17.7 Å². The average molecular weight is 264 g/mol. The Bertz CT molecular complexity index is 654. The molecule has 6 nitrogen and oxygen atoms in total. The van der Waals surface area contributed by atoms with Gasteiger partial charge in [0.05, 0.1) is 12.6 Å². The van der Waals surface area contributed by atoms with E-state index in [-0.39, 0.29) is 5.41 Å². The summed E-state index contributed by atoms with van der Waals surface area (Å²) in [6.07, 6.45) is -0.467. The molecule has 0 radical (unpaired) electrons. The summed E-state index contributed by atoms with van der Waals surface area (Å²) in [5, 5.41) is 2.67. The number of carbonyl (C=O) groups is 1. The largest absolute Gasteiger partial charge is 0.453 e. The Morgan fingerprint density at radius 2 is 2.21 bits per heavy atom. The van der Waals surface area contributed by atoms with Gasteiger partial charge in [0.2, 0.25) is 0 Å². The molecule has 2 aromatic rings. The monoisotopic (exact) mass is 264 g/mol. The van der Waals surface area contributed by atoms with Gasteiger partial charge in [0.1, 0.15) is 0 Å². The number of rotatable bonds is 3. The fourth-order valence-electron chi connectivity index (χ4n) is 1.84. The van der Waals surface area contributed by atoms with Crippen LogP contribution in [0.1, 0.15) is 19.4 Å². The topological polar surface area (TPSA) is 84.3 Å². The highest BCUT2D eigenvalue weighted by molar-refractivity contribution is 5.73. The Balaban J connectivity index is 2.26. The minimum absolute atomic E-state index is 0.295. The first-order chi connectivity index (χ1) is 8.92. The second kappa shape index (κ2) is 4.79. The van der Waals surface area contributed by atoms with Crippen LogP contribution in [0.4, 0.5) is 4.79 Å². The molecule has 0 unspecified atom stereocenters.